The zero-order valence-corrected chi connectivity index (χ0v) is 18.1. The third-order valence-electron chi connectivity index (χ3n) is 5.09. The van der Waals surface area contributed by atoms with Crippen LogP contribution in [0.4, 0.5) is 16.3 Å². The molecule has 10 nitrogen and oxygen atoms in total. The quantitative estimate of drug-likeness (QED) is 0.611. The first-order chi connectivity index (χ1) is 15.0. The van der Waals surface area contributed by atoms with Crippen molar-refractivity contribution in [2.75, 3.05) is 57.1 Å². The summed E-state index contributed by atoms with van der Waals surface area (Å²) in [7, 11) is 3.21. The molecule has 0 aromatic carbocycles. The molecule has 0 bridgehead atoms. The Labute approximate surface area is 182 Å². The number of ether oxygens (including phenoxy) is 1. The van der Waals surface area contributed by atoms with E-state index in [0.717, 1.165) is 37.4 Å². The third-order valence-corrected chi connectivity index (χ3v) is 5.09. The van der Waals surface area contributed by atoms with Crippen molar-refractivity contribution >= 4 is 23.4 Å². The fourth-order valence-electron chi connectivity index (χ4n) is 3.42. The Hall–Kier alpha value is -3.40. The van der Waals surface area contributed by atoms with Gasteiger partial charge in [0.05, 0.1) is 25.2 Å². The number of anilines is 2. The lowest BCUT2D eigenvalue weighted by Gasteiger charge is -2.36. The highest BCUT2D eigenvalue weighted by Gasteiger charge is 2.20. The van der Waals surface area contributed by atoms with Gasteiger partial charge in [0.25, 0.3) is 5.91 Å². The number of pyridine rings is 2. The average Bonchev–Trinajstić information content (AvgIpc) is 2.79. The Morgan fingerprint density at radius 3 is 2.52 bits per heavy atom. The molecule has 0 radical (unpaired) electrons. The summed E-state index contributed by atoms with van der Waals surface area (Å²) in [4.78, 5) is 36.5. The van der Waals surface area contributed by atoms with Gasteiger partial charge in [-0.2, -0.15) is 0 Å². The average molecular weight is 428 g/mol. The van der Waals surface area contributed by atoms with Crippen molar-refractivity contribution in [1.82, 2.24) is 25.5 Å². The fourth-order valence-corrected chi connectivity index (χ4v) is 3.42. The Balaban J connectivity index is 1.60. The number of carbonyl (C=O) groups excluding carboxylic acids is 2. The van der Waals surface area contributed by atoms with Crippen molar-refractivity contribution in [2.24, 2.45) is 0 Å². The number of nitrogens with one attached hydrogen (secondary N) is 3. The van der Waals surface area contributed by atoms with E-state index in [2.05, 4.69) is 35.7 Å². The number of amides is 3. The number of rotatable bonds is 7. The topological polar surface area (TPSA) is 112 Å². The molecule has 3 rings (SSSR count). The second-order valence-corrected chi connectivity index (χ2v) is 7.11. The molecule has 1 saturated heterocycles. The highest BCUT2D eigenvalue weighted by atomic mass is 16.5. The summed E-state index contributed by atoms with van der Waals surface area (Å²) in [6.45, 7) is 6.51. The van der Waals surface area contributed by atoms with Gasteiger partial charge in [0, 0.05) is 51.9 Å². The zero-order chi connectivity index (χ0) is 22.2. The predicted molar refractivity (Wildman–Crippen MR) is 119 cm³/mol. The molecular weight excluding hydrogens is 398 g/mol. The van der Waals surface area contributed by atoms with E-state index in [-0.39, 0.29) is 11.9 Å². The standard InChI is InChI=1S/C21H29N7O3/c1-4-23-21(30)26-19-11-15(18(31-3)13-25-19)14-27-7-9-28(10-8-27)16-5-6-17(24-12-16)20(29)22-2/h5-6,11-13H,4,7-10,14H2,1-3H3,(H,22,29)(H2,23,25,26,30). The van der Waals surface area contributed by atoms with Crippen LogP contribution in [0.1, 0.15) is 23.0 Å². The van der Waals surface area contributed by atoms with E-state index in [1.54, 1.807) is 32.6 Å². The van der Waals surface area contributed by atoms with Gasteiger partial charge in [0.1, 0.15) is 17.3 Å². The number of nitrogens with zero attached hydrogens (tertiary/aromatic N) is 4. The Morgan fingerprint density at radius 2 is 1.90 bits per heavy atom. The number of piperazine rings is 1. The highest BCUT2D eigenvalue weighted by Crippen LogP contribution is 2.23. The first-order valence-corrected chi connectivity index (χ1v) is 10.3. The summed E-state index contributed by atoms with van der Waals surface area (Å²) in [6, 6.07) is 5.24. The van der Waals surface area contributed by atoms with Crippen LogP contribution in [0.25, 0.3) is 0 Å². The van der Waals surface area contributed by atoms with Crippen LogP contribution in [-0.2, 0) is 6.54 Å². The Morgan fingerprint density at radius 1 is 1.13 bits per heavy atom. The molecular formula is C21H29N7O3. The lowest BCUT2D eigenvalue weighted by atomic mass is 10.2. The number of hydrogen-bond donors (Lipinski definition) is 3. The molecule has 0 unspecified atom stereocenters. The molecule has 2 aromatic heterocycles. The predicted octanol–water partition coefficient (Wildman–Crippen LogP) is 1.31. The van der Waals surface area contributed by atoms with Gasteiger partial charge in [-0.25, -0.2) is 14.8 Å². The number of aromatic nitrogens is 2. The second kappa shape index (κ2) is 10.6. The van der Waals surface area contributed by atoms with Gasteiger partial charge in [-0.05, 0) is 25.1 Å². The molecule has 3 N–H and O–H groups in total. The van der Waals surface area contributed by atoms with Crippen LogP contribution in [0.5, 0.6) is 5.75 Å². The van der Waals surface area contributed by atoms with Gasteiger partial charge in [-0.1, -0.05) is 0 Å². The van der Waals surface area contributed by atoms with Crippen molar-refractivity contribution in [3.63, 3.8) is 0 Å². The molecule has 0 atom stereocenters. The van der Waals surface area contributed by atoms with E-state index < -0.39 is 0 Å². The summed E-state index contributed by atoms with van der Waals surface area (Å²) in [5.41, 5.74) is 2.38. The molecule has 10 heteroatoms. The van der Waals surface area contributed by atoms with Crippen LogP contribution in [0.2, 0.25) is 0 Å². The van der Waals surface area contributed by atoms with E-state index in [4.69, 9.17) is 4.74 Å². The maximum atomic E-state index is 11.8. The van der Waals surface area contributed by atoms with Gasteiger partial charge >= 0.3 is 6.03 Å². The summed E-state index contributed by atoms with van der Waals surface area (Å²) < 4.78 is 5.46. The molecule has 2 aromatic rings. The molecule has 3 heterocycles. The zero-order valence-electron chi connectivity index (χ0n) is 18.1. The van der Waals surface area contributed by atoms with Crippen molar-refractivity contribution in [2.45, 2.75) is 13.5 Å². The minimum Gasteiger partial charge on any atom is -0.495 e. The maximum Gasteiger partial charge on any atom is 0.320 e. The van der Waals surface area contributed by atoms with Crippen molar-refractivity contribution in [3.05, 3.63) is 41.9 Å². The molecule has 1 fully saturated rings. The van der Waals surface area contributed by atoms with Gasteiger partial charge in [0.15, 0.2) is 0 Å². The molecule has 31 heavy (non-hydrogen) atoms. The summed E-state index contributed by atoms with van der Waals surface area (Å²) >= 11 is 0. The van der Waals surface area contributed by atoms with Crippen LogP contribution in [-0.4, -0.2) is 73.7 Å². The number of urea groups is 1. The van der Waals surface area contributed by atoms with Crippen LogP contribution < -0.4 is 25.6 Å². The summed E-state index contributed by atoms with van der Waals surface area (Å²) in [5, 5.41) is 8.01. The lowest BCUT2D eigenvalue weighted by molar-refractivity contribution is 0.0958. The smallest absolute Gasteiger partial charge is 0.320 e. The molecule has 166 valence electrons. The molecule has 1 aliphatic rings. The first-order valence-electron chi connectivity index (χ1n) is 10.3. The number of carbonyl (C=O) groups is 2. The molecule has 0 spiro atoms. The SMILES string of the molecule is CCNC(=O)Nc1cc(CN2CCN(c3ccc(C(=O)NC)nc3)CC2)c(OC)cn1. The van der Waals surface area contributed by atoms with Crippen LogP contribution in [0, 0.1) is 0 Å². The normalized spacial score (nSPS) is 14.1. The largest absolute Gasteiger partial charge is 0.495 e. The first kappa shape index (κ1) is 22.3. The molecule has 0 aliphatic carbocycles. The minimum atomic E-state index is -0.282. The molecule has 1 aliphatic heterocycles. The Bertz CT molecular complexity index is 896. The van der Waals surface area contributed by atoms with Crippen molar-refractivity contribution in [3.8, 4) is 5.75 Å². The highest BCUT2D eigenvalue weighted by molar-refractivity contribution is 5.92. The van der Waals surface area contributed by atoms with Gasteiger partial charge < -0.3 is 20.3 Å². The van der Waals surface area contributed by atoms with Crippen molar-refractivity contribution in [1.29, 1.82) is 0 Å². The van der Waals surface area contributed by atoms with E-state index in [0.29, 0.717) is 30.4 Å². The molecule has 0 saturated carbocycles. The van der Waals surface area contributed by atoms with E-state index in [9.17, 15) is 9.59 Å². The van der Waals surface area contributed by atoms with E-state index in [1.807, 2.05) is 19.1 Å². The van der Waals surface area contributed by atoms with E-state index in [1.165, 1.54) is 0 Å². The molecule has 3 amide bonds. The van der Waals surface area contributed by atoms with Crippen molar-refractivity contribution < 1.29 is 14.3 Å². The number of hydrogen-bond acceptors (Lipinski definition) is 7. The maximum absolute atomic E-state index is 11.8. The van der Waals surface area contributed by atoms with Gasteiger partial charge in [-0.15, -0.1) is 0 Å². The summed E-state index contributed by atoms with van der Waals surface area (Å²) in [5.74, 6) is 0.990. The lowest BCUT2D eigenvalue weighted by Crippen LogP contribution is -2.46. The minimum absolute atomic E-state index is 0.191. The number of methoxy groups -OCH3 is 1. The Kier molecular flexibility index (Phi) is 7.60. The van der Waals surface area contributed by atoms with Crippen LogP contribution >= 0.6 is 0 Å². The fraction of sp³-hybridized carbons (Fsp3) is 0.429. The van der Waals surface area contributed by atoms with Gasteiger partial charge in [-0.3, -0.25) is 15.0 Å². The van der Waals surface area contributed by atoms with E-state index >= 15 is 0 Å². The summed E-state index contributed by atoms with van der Waals surface area (Å²) in [6.07, 6.45) is 3.37. The third kappa shape index (κ3) is 5.82. The monoisotopic (exact) mass is 427 g/mol. The van der Waals surface area contributed by atoms with Gasteiger partial charge in [0.2, 0.25) is 0 Å². The van der Waals surface area contributed by atoms with Crippen LogP contribution in [0.15, 0.2) is 30.6 Å². The second-order valence-electron chi connectivity index (χ2n) is 7.11. The van der Waals surface area contributed by atoms with Crippen LogP contribution in [0.3, 0.4) is 0 Å².